The van der Waals surface area contributed by atoms with Gasteiger partial charge in [0.1, 0.15) is 17.4 Å². The van der Waals surface area contributed by atoms with E-state index in [1.54, 1.807) is 11.5 Å². The van der Waals surface area contributed by atoms with Crippen molar-refractivity contribution in [3.05, 3.63) is 36.4 Å². The SMILES string of the molecule is C=C[Si](C)(C)ON1OC[C@@H]2[C@@]1(C)[C@@H](c1ccco1)O[Si]2(C)C. The summed E-state index contributed by atoms with van der Waals surface area (Å²) in [4.78, 5) is 5.94. The molecular weight excluding hydrogens is 314 g/mol. The smallest absolute Gasteiger partial charge is 0.241 e. The first-order valence-corrected chi connectivity index (χ1v) is 13.6. The highest BCUT2D eigenvalue weighted by atomic mass is 28.4. The van der Waals surface area contributed by atoms with Crippen molar-refractivity contribution >= 4 is 16.6 Å². The Morgan fingerprint density at radius 2 is 2.23 bits per heavy atom. The van der Waals surface area contributed by atoms with E-state index < -0.39 is 16.6 Å². The molecule has 0 radical (unpaired) electrons. The Morgan fingerprint density at radius 1 is 1.50 bits per heavy atom. The number of hydroxylamine groups is 2. The van der Waals surface area contributed by atoms with Gasteiger partial charge in [-0.25, -0.2) is 0 Å². The molecule has 3 rings (SSSR count). The fraction of sp³-hybridized carbons (Fsp3) is 0.600. The van der Waals surface area contributed by atoms with Gasteiger partial charge in [0, 0.05) is 5.54 Å². The van der Waals surface area contributed by atoms with Gasteiger partial charge in [0.15, 0.2) is 8.32 Å². The lowest BCUT2D eigenvalue weighted by molar-refractivity contribution is -0.343. The van der Waals surface area contributed by atoms with Gasteiger partial charge in [-0.3, -0.25) is 4.84 Å². The van der Waals surface area contributed by atoms with Gasteiger partial charge in [-0.05, 0) is 45.2 Å². The molecule has 1 aromatic heterocycles. The average molecular weight is 340 g/mol. The summed E-state index contributed by atoms with van der Waals surface area (Å²) in [6.07, 6.45) is 1.51. The molecule has 0 spiro atoms. The summed E-state index contributed by atoms with van der Waals surface area (Å²) in [7, 11) is -3.92. The van der Waals surface area contributed by atoms with Crippen molar-refractivity contribution in [3.8, 4) is 0 Å². The molecule has 2 saturated heterocycles. The van der Waals surface area contributed by atoms with E-state index in [0.717, 1.165) is 5.76 Å². The van der Waals surface area contributed by atoms with Crippen LogP contribution in [0.1, 0.15) is 18.8 Å². The molecule has 0 bridgehead atoms. The van der Waals surface area contributed by atoms with E-state index in [1.807, 2.05) is 17.8 Å². The summed E-state index contributed by atoms with van der Waals surface area (Å²) < 4.78 is 18.3. The maximum absolute atomic E-state index is 6.47. The van der Waals surface area contributed by atoms with Gasteiger partial charge in [-0.2, -0.15) is 0 Å². The molecule has 0 amide bonds. The molecule has 0 unspecified atom stereocenters. The molecule has 3 atom stereocenters. The van der Waals surface area contributed by atoms with Gasteiger partial charge < -0.3 is 13.4 Å². The third-order valence-corrected chi connectivity index (χ3v) is 9.75. The summed E-state index contributed by atoms with van der Waals surface area (Å²) in [5, 5.41) is 1.69. The molecule has 0 aromatic carbocycles. The van der Waals surface area contributed by atoms with Crippen molar-refractivity contribution in [1.82, 2.24) is 5.23 Å². The Bertz CT molecular complexity index is 560. The number of furan rings is 1. The molecule has 2 fully saturated rings. The molecule has 1 aromatic rings. The van der Waals surface area contributed by atoms with E-state index in [2.05, 4.69) is 39.7 Å². The van der Waals surface area contributed by atoms with Crippen LogP contribution in [0.4, 0.5) is 0 Å². The molecule has 2 aliphatic heterocycles. The third kappa shape index (κ3) is 2.36. The van der Waals surface area contributed by atoms with Crippen molar-refractivity contribution in [2.45, 2.75) is 50.3 Å². The van der Waals surface area contributed by atoms with Gasteiger partial charge in [-0.15, -0.1) is 6.58 Å². The highest BCUT2D eigenvalue weighted by molar-refractivity contribution is 6.76. The zero-order valence-corrected chi connectivity index (χ0v) is 16.0. The van der Waals surface area contributed by atoms with Crippen LogP contribution in [0.15, 0.2) is 35.1 Å². The Hall–Kier alpha value is -0.706. The summed E-state index contributed by atoms with van der Waals surface area (Å²) in [5.41, 5.74) is 1.86. The van der Waals surface area contributed by atoms with Crippen molar-refractivity contribution in [2.75, 3.05) is 6.61 Å². The van der Waals surface area contributed by atoms with Crippen molar-refractivity contribution in [2.24, 2.45) is 0 Å². The van der Waals surface area contributed by atoms with E-state index in [0.29, 0.717) is 12.1 Å². The van der Waals surface area contributed by atoms with Crippen LogP contribution in [0.25, 0.3) is 0 Å². The molecule has 2 aliphatic rings. The second-order valence-corrected chi connectivity index (χ2v) is 15.3. The minimum absolute atomic E-state index is 0.175. The molecule has 22 heavy (non-hydrogen) atoms. The summed E-state index contributed by atoms with van der Waals surface area (Å²) in [5.74, 6) is 0.836. The normalized spacial score (nSPS) is 34.8. The fourth-order valence-electron chi connectivity index (χ4n) is 3.43. The van der Waals surface area contributed by atoms with Gasteiger partial charge in [-0.1, -0.05) is 10.9 Å². The van der Waals surface area contributed by atoms with Crippen LogP contribution in [0.2, 0.25) is 31.7 Å². The first kappa shape index (κ1) is 16.2. The van der Waals surface area contributed by atoms with Crippen LogP contribution in [-0.4, -0.2) is 34.0 Å². The lowest BCUT2D eigenvalue weighted by Gasteiger charge is -2.38. The van der Waals surface area contributed by atoms with Crippen LogP contribution in [0.3, 0.4) is 0 Å². The predicted molar refractivity (Wildman–Crippen MR) is 88.7 cm³/mol. The van der Waals surface area contributed by atoms with Crippen LogP contribution >= 0.6 is 0 Å². The Morgan fingerprint density at radius 3 is 2.82 bits per heavy atom. The average Bonchev–Trinajstić information content (AvgIpc) is 3.09. The van der Waals surface area contributed by atoms with Crippen LogP contribution < -0.4 is 0 Å². The van der Waals surface area contributed by atoms with E-state index in [1.165, 1.54) is 0 Å². The minimum atomic E-state index is -2.02. The van der Waals surface area contributed by atoms with Crippen molar-refractivity contribution in [3.63, 3.8) is 0 Å². The van der Waals surface area contributed by atoms with Gasteiger partial charge in [0.05, 0.1) is 12.9 Å². The maximum atomic E-state index is 6.47. The second-order valence-electron chi connectivity index (χ2n) is 7.35. The zero-order valence-electron chi connectivity index (χ0n) is 14.0. The molecule has 3 heterocycles. The van der Waals surface area contributed by atoms with E-state index in [9.17, 15) is 0 Å². The Labute approximate surface area is 134 Å². The second kappa shape index (κ2) is 5.15. The van der Waals surface area contributed by atoms with Crippen LogP contribution in [0, 0.1) is 0 Å². The molecule has 0 aliphatic carbocycles. The van der Waals surface area contributed by atoms with Gasteiger partial charge >= 0.3 is 0 Å². The topological polar surface area (TPSA) is 44.1 Å². The standard InChI is InChI=1S/C15H25NO4Si2/c1-7-21(3,4)20-16-15(2)13(11-18-16)22(5,6)19-14(15)12-9-8-10-17-12/h7-10,13-14H,1,11H2,2-6H3/t13-,14-,15+/m1/s1. The fourth-order valence-corrected chi connectivity index (χ4v) is 7.45. The molecule has 0 N–H and O–H groups in total. The van der Waals surface area contributed by atoms with E-state index in [4.69, 9.17) is 18.2 Å². The maximum Gasteiger partial charge on any atom is 0.241 e. The minimum Gasteiger partial charge on any atom is -0.467 e. The summed E-state index contributed by atoms with van der Waals surface area (Å²) in [6.45, 7) is 15.4. The van der Waals surface area contributed by atoms with Gasteiger partial charge in [0.25, 0.3) is 0 Å². The molecular formula is C15H25NO4Si2. The van der Waals surface area contributed by atoms with Gasteiger partial charge in [0.2, 0.25) is 8.32 Å². The first-order chi connectivity index (χ1) is 10.2. The highest BCUT2D eigenvalue weighted by Crippen LogP contribution is 2.58. The van der Waals surface area contributed by atoms with Crippen LogP contribution in [0.5, 0.6) is 0 Å². The zero-order chi connectivity index (χ0) is 16.2. The first-order valence-electron chi connectivity index (χ1n) is 7.68. The van der Waals surface area contributed by atoms with Crippen LogP contribution in [-0.2, 0) is 13.8 Å². The van der Waals surface area contributed by atoms with E-state index >= 15 is 0 Å². The lowest BCUT2D eigenvalue weighted by Crippen LogP contribution is -2.50. The predicted octanol–water partition coefficient (Wildman–Crippen LogP) is 3.79. The number of nitrogens with zero attached hydrogens (tertiary/aromatic N) is 1. The Balaban J connectivity index is 1.98. The summed E-state index contributed by atoms with van der Waals surface area (Å²) >= 11 is 0. The molecule has 122 valence electrons. The largest absolute Gasteiger partial charge is 0.467 e. The monoisotopic (exact) mass is 339 g/mol. The molecule has 5 nitrogen and oxygen atoms in total. The number of rotatable bonds is 4. The number of fused-ring (bicyclic) bond motifs is 1. The lowest BCUT2D eigenvalue weighted by atomic mass is 9.90. The molecule has 0 saturated carbocycles. The third-order valence-electron chi connectivity index (χ3n) is 4.86. The summed E-state index contributed by atoms with van der Waals surface area (Å²) in [6, 6.07) is 3.86. The highest BCUT2D eigenvalue weighted by Gasteiger charge is 2.67. The van der Waals surface area contributed by atoms with Crippen molar-refractivity contribution < 1.29 is 18.2 Å². The van der Waals surface area contributed by atoms with E-state index in [-0.39, 0.29) is 11.6 Å². The Kier molecular flexibility index (Phi) is 3.78. The molecule has 7 heteroatoms. The number of hydrogen-bond donors (Lipinski definition) is 0. The number of hydrogen-bond acceptors (Lipinski definition) is 5. The quantitative estimate of drug-likeness (QED) is 0.781. The van der Waals surface area contributed by atoms with Crippen molar-refractivity contribution in [1.29, 1.82) is 0 Å².